The van der Waals surface area contributed by atoms with Crippen molar-refractivity contribution in [1.82, 2.24) is 19.9 Å². The molecule has 0 fully saturated rings. The SMILES string of the molecule is CNc1ccc(-c2nc(-c3cnn(C)c3)no2)cc1. The maximum Gasteiger partial charge on any atom is 0.258 e. The summed E-state index contributed by atoms with van der Waals surface area (Å²) in [6.45, 7) is 0. The fourth-order valence-corrected chi connectivity index (χ4v) is 1.77. The zero-order valence-corrected chi connectivity index (χ0v) is 10.7. The highest BCUT2D eigenvalue weighted by Gasteiger charge is 2.11. The van der Waals surface area contributed by atoms with Crippen molar-refractivity contribution in [2.24, 2.45) is 7.05 Å². The lowest BCUT2D eigenvalue weighted by atomic mass is 10.2. The van der Waals surface area contributed by atoms with Crippen LogP contribution in [0.5, 0.6) is 0 Å². The standard InChI is InChI=1S/C13H13N5O/c1-14-11-5-3-9(4-6-11)13-16-12(17-19-13)10-7-15-18(2)8-10/h3-8,14H,1-2H3. The van der Waals surface area contributed by atoms with Gasteiger partial charge in [0.25, 0.3) is 5.89 Å². The molecule has 0 unspecified atom stereocenters. The van der Waals surface area contributed by atoms with Gasteiger partial charge in [0.2, 0.25) is 5.82 Å². The van der Waals surface area contributed by atoms with E-state index in [9.17, 15) is 0 Å². The second kappa shape index (κ2) is 4.56. The molecule has 96 valence electrons. The summed E-state index contributed by atoms with van der Waals surface area (Å²) in [4.78, 5) is 4.37. The van der Waals surface area contributed by atoms with E-state index in [-0.39, 0.29) is 0 Å². The predicted molar refractivity (Wildman–Crippen MR) is 71.5 cm³/mol. The van der Waals surface area contributed by atoms with Gasteiger partial charge in [-0.05, 0) is 24.3 Å². The third kappa shape index (κ3) is 2.20. The van der Waals surface area contributed by atoms with Crippen LogP contribution >= 0.6 is 0 Å². The quantitative estimate of drug-likeness (QED) is 0.776. The summed E-state index contributed by atoms with van der Waals surface area (Å²) in [6, 6.07) is 7.80. The largest absolute Gasteiger partial charge is 0.388 e. The summed E-state index contributed by atoms with van der Waals surface area (Å²) in [5.41, 5.74) is 2.77. The van der Waals surface area contributed by atoms with Crippen molar-refractivity contribution in [2.75, 3.05) is 12.4 Å². The first-order valence-electron chi connectivity index (χ1n) is 5.87. The Morgan fingerprint density at radius 3 is 2.58 bits per heavy atom. The maximum atomic E-state index is 5.27. The summed E-state index contributed by atoms with van der Waals surface area (Å²) in [6.07, 6.45) is 3.55. The monoisotopic (exact) mass is 255 g/mol. The number of aryl methyl sites for hydroxylation is 1. The highest BCUT2D eigenvalue weighted by Crippen LogP contribution is 2.22. The topological polar surface area (TPSA) is 68.8 Å². The molecule has 0 radical (unpaired) electrons. The molecule has 0 aliphatic carbocycles. The molecule has 1 aromatic carbocycles. The van der Waals surface area contributed by atoms with Gasteiger partial charge in [-0.2, -0.15) is 10.1 Å². The summed E-state index contributed by atoms with van der Waals surface area (Å²) in [5.74, 6) is 1.04. The number of nitrogens with zero attached hydrogens (tertiary/aromatic N) is 4. The average molecular weight is 255 g/mol. The maximum absolute atomic E-state index is 5.27. The summed E-state index contributed by atoms with van der Waals surface area (Å²) < 4.78 is 6.97. The molecule has 0 bridgehead atoms. The Morgan fingerprint density at radius 1 is 1.16 bits per heavy atom. The molecule has 19 heavy (non-hydrogen) atoms. The molecule has 3 aromatic rings. The van der Waals surface area contributed by atoms with Gasteiger partial charge >= 0.3 is 0 Å². The highest BCUT2D eigenvalue weighted by atomic mass is 16.5. The fourth-order valence-electron chi connectivity index (χ4n) is 1.77. The Kier molecular flexibility index (Phi) is 2.75. The normalized spacial score (nSPS) is 10.6. The highest BCUT2D eigenvalue weighted by molar-refractivity contribution is 5.61. The van der Waals surface area contributed by atoms with Crippen molar-refractivity contribution in [3.63, 3.8) is 0 Å². The Hall–Kier alpha value is -2.63. The Bertz CT molecular complexity index is 683. The van der Waals surface area contributed by atoms with Gasteiger partial charge in [0, 0.05) is 31.5 Å². The van der Waals surface area contributed by atoms with E-state index in [1.165, 1.54) is 0 Å². The van der Waals surface area contributed by atoms with Crippen molar-refractivity contribution in [1.29, 1.82) is 0 Å². The number of hydrogen-bond acceptors (Lipinski definition) is 5. The first kappa shape index (κ1) is 11.5. The minimum absolute atomic E-state index is 0.501. The molecule has 1 N–H and O–H groups in total. The van der Waals surface area contributed by atoms with Crippen LogP contribution in [-0.2, 0) is 7.05 Å². The lowest BCUT2D eigenvalue weighted by molar-refractivity contribution is 0.432. The lowest BCUT2D eigenvalue weighted by Crippen LogP contribution is -1.87. The van der Waals surface area contributed by atoms with E-state index in [0.29, 0.717) is 11.7 Å². The Morgan fingerprint density at radius 2 is 1.95 bits per heavy atom. The molecule has 0 aliphatic rings. The minimum Gasteiger partial charge on any atom is -0.388 e. The molecular weight excluding hydrogens is 242 g/mol. The van der Waals surface area contributed by atoms with Gasteiger partial charge in [-0.15, -0.1) is 0 Å². The second-order valence-electron chi connectivity index (χ2n) is 4.15. The molecular formula is C13H13N5O. The molecule has 0 atom stereocenters. The fraction of sp³-hybridized carbons (Fsp3) is 0.154. The van der Waals surface area contributed by atoms with E-state index in [0.717, 1.165) is 16.8 Å². The first-order valence-corrected chi connectivity index (χ1v) is 5.87. The smallest absolute Gasteiger partial charge is 0.258 e. The zero-order chi connectivity index (χ0) is 13.2. The predicted octanol–water partition coefficient (Wildman–Crippen LogP) is 2.18. The molecule has 6 heteroatoms. The van der Waals surface area contributed by atoms with E-state index in [4.69, 9.17) is 4.52 Å². The van der Waals surface area contributed by atoms with E-state index < -0.39 is 0 Å². The van der Waals surface area contributed by atoms with Crippen LogP contribution in [0.25, 0.3) is 22.8 Å². The molecule has 0 saturated carbocycles. The number of hydrogen-bond donors (Lipinski definition) is 1. The number of benzene rings is 1. The van der Waals surface area contributed by atoms with Gasteiger partial charge in [0.15, 0.2) is 0 Å². The van der Waals surface area contributed by atoms with Crippen molar-refractivity contribution in [3.8, 4) is 22.8 Å². The summed E-state index contributed by atoms with van der Waals surface area (Å²) in [5, 5.41) is 11.1. The Balaban J connectivity index is 1.91. The van der Waals surface area contributed by atoms with Gasteiger partial charge in [0.05, 0.1) is 11.8 Å². The molecule has 0 aliphatic heterocycles. The van der Waals surface area contributed by atoms with E-state index in [2.05, 4.69) is 20.6 Å². The van der Waals surface area contributed by atoms with Crippen LogP contribution in [0.4, 0.5) is 5.69 Å². The molecule has 2 heterocycles. The molecule has 6 nitrogen and oxygen atoms in total. The number of anilines is 1. The third-order valence-corrected chi connectivity index (χ3v) is 2.81. The average Bonchev–Trinajstić information content (AvgIpc) is 3.07. The molecule has 2 aromatic heterocycles. The molecule has 0 spiro atoms. The van der Waals surface area contributed by atoms with Crippen LogP contribution in [0, 0.1) is 0 Å². The van der Waals surface area contributed by atoms with Crippen LogP contribution in [0.1, 0.15) is 0 Å². The van der Waals surface area contributed by atoms with Crippen molar-refractivity contribution in [2.45, 2.75) is 0 Å². The van der Waals surface area contributed by atoms with E-state index in [1.54, 1.807) is 10.9 Å². The molecule has 0 saturated heterocycles. The second-order valence-corrected chi connectivity index (χ2v) is 4.15. The number of rotatable bonds is 3. The summed E-state index contributed by atoms with van der Waals surface area (Å²) >= 11 is 0. The zero-order valence-electron chi connectivity index (χ0n) is 10.7. The van der Waals surface area contributed by atoms with Crippen molar-refractivity contribution in [3.05, 3.63) is 36.7 Å². The first-order chi connectivity index (χ1) is 9.26. The van der Waals surface area contributed by atoms with Crippen LogP contribution in [0.2, 0.25) is 0 Å². The van der Waals surface area contributed by atoms with Gasteiger partial charge in [-0.1, -0.05) is 5.16 Å². The lowest BCUT2D eigenvalue weighted by Gasteiger charge is -1.99. The molecule has 3 rings (SSSR count). The van der Waals surface area contributed by atoms with Crippen molar-refractivity contribution >= 4 is 5.69 Å². The third-order valence-electron chi connectivity index (χ3n) is 2.81. The van der Waals surface area contributed by atoms with Gasteiger partial charge in [-0.25, -0.2) is 0 Å². The van der Waals surface area contributed by atoms with E-state index >= 15 is 0 Å². The van der Waals surface area contributed by atoms with Crippen LogP contribution in [0.3, 0.4) is 0 Å². The molecule has 0 amide bonds. The minimum atomic E-state index is 0.501. The van der Waals surface area contributed by atoms with Gasteiger partial charge < -0.3 is 9.84 Å². The van der Waals surface area contributed by atoms with Crippen molar-refractivity contribution < 1.29 is 4.52 Å². The van der Waals surface area contributed by atoms with E-state index in [1.807, 2.05) is 44.6 Å². The van der Waals surface area contributed by atoms with Gasteiger partial charge in [-0.3, -0.25) is 4.68 Å². The van der Waals surface area contributed by atoms with Crippen LogP contribution in [-0.4, -0.2) is 27.0 Å². The van der Waals surface area contributed by atoms with Crippen LogP contribution < -0.4 is 5.32 Å². The van der Waals surface area contributed by atoms with Crippen LogP contribution in [0.15, 0.2) is 41.2 Å². The summed E-state index contributed by atoms with van der Waals surface area (Å²) in [7, 11) is 3.73. The number of aromatic nitrogens is 4. The van der Waals surface area contributed by atoms with Gasteiger partial charge in [0.1, 0.15) is 0 Å². The Labute approximate surface area is 110 Å². The number of nitrogens with one attached hydrogen (secondary N) is 1.